The van der Waals surface area contributed by atoms with E-state index in [0.29, 0.717) is 38.7 Å². The maximum absolute atomic E-state index is 12.7. The molecule has 7 nitrogen and oxygen atoms in total. The highest BCUT2D eigenvalue weighted by Gasteiger charge is 2.15. The van der Waals surface area contributed by atoms with E-state index in [2.05, 4.69) is 20.6 Å². The number of pyridine rings is 1. The number of Topliss-reactive ketones (excluding diaryl/α,β-unsaturated/α-hetero) is 1. The molecule has 138 valence electrons. The van der Waals surface area contributed by atoms with Crippen LogP contribution in [-0.2, 0) is 0 Å². The summed E-state index contributed by atoms with van der Waals surface area (Å²) in [6.45, 7) is 1.48. The molecule has 0 atom stereocenters. The van der Waals surface area contributed by atoms with Crippen LogP contribution in [-0.4, -0.2) is 31.7 Å². The van der Waals surface area contributed by atoms with E-state index in [-0.39, 0.29) is 11.7 Å². The van der Waals surface area contributed by atoms with E-state index < -0.39 is 0 Å². The second-order valence-corrected chi connectivity index (χ2v) is 6.53. The minimum atomic E-state index is -0.318. The zero-order valence-electron chi connectivity index (χ0n) is 14.8. The van der Waals surface area contributed by atoms with Crippen molar-refractivity contribution in [3.8, 4) is 5.69 Å². The standard InChI is InChI=1S/C20H14ClN5O2/c1-12(27)13-4-6-14(7-5-13)20(28)23-16-9-8-15(21)11-18(16)26-17-3-2-10-22-19(17)24-25-26/h2-11H,1H3,(H,23,28). The Labute approximate surface area is 165 Å². The number of hydrogen-bond donors (Lipinski definition) is 1. The van der Waals surface area contributed by atoms with Crippen molar-refractivity contribution < 1.29 is 9.59 Å². The summed E-state index contributed by atoms with van der Waals surface area (Å²) in [5.41, 5.74) is 3.23. The van der Waals surface area contributed by atoms with Crippen LogP contribution in [0.3, 0.4) is 0 Å². The van der Waals surface area contributed by atoms with Crippen LogP contribution in [0.25, 0.3) is 16.9 Å². The SMILES string of the molecule is CC(=O)c1ccc(C(=O)Nc2ccc(Cl)cc2-n2nnc3ncccc32)cc1. The number of aromatic nitrogens is 4. The molecule has 0 bridgehead atoms. The van der Waals surface area contributed by atoms with Gasteiger partial charge in [0.1, 0.15) is 5.52 Å². The molecule has 2 aromatic carbocycles. The van der Waals surface area contributed by atoms with Crippen molar-refractivity contribution in [3.05, 3.63) is 76.9 Å². The van der Waals surface area contributed by atoms with Crippen LogP contribution in [0.5, 0.6) is 0 Å². The van der Waals surface area contributed by atoms with E-state index in [9.17, 15) is 9.59 Å². The number of benzene rings is 2. The number of nitrogens with one attached hydrogen (secondary N) is 1. The molecular weight excluding hydrogens is 378 g/mol. The molecule has 0 unspecified atom stereocenters. The van der Waals surface area contributed by atoms with E-state index in [1.54, 1.807) is 59.4 Å². The average molecular weight is 392 g/mol. The van der Waals surface area contributed by atoms with Gasteiger partial charge in [-0.25, -0.2) is 9.67 Å². The lowest BCUT2D eigenvalue weighted by atomic mass is 10.1. The Bertz CT molecular complexity index is 1200. The summed E-state index contributed by atoms with van der Waals surface area (Å²) in [6, 6.07) is 15.1. The highest BCUT2D eigenvalue weighted by Crippen LogP contribution is 2.27. The molecule has 1 amide bonds. The van der Waals surface area contributed by atoms with Gasteiger partial charge in [-0.3, -0.25) is 9.59 Å². The van der Waals surface area contributed by atoms with Crippen LogP contribution < -0.4 is 5.32 Å². The van der Waals surface area contributed by atoms with Gasteiger partial charge in [-0.2, -0.15) is 0 Å². The lowest BCUT2D eigenvalue weighted by Gasteiger charge is -2.12. The first-order valence-electron chi connectivity index (χ1n) is 8.41. The summed E-state index contributed by atoms with van der Waals surface area (Å²) in [5.74, 6) is -0.375. The number of carbonyl (C=O) groups is 2. The van der Waals surface area contributed by atoms with E-state index in [0.717, 1.165) is 0 Å². The number of hydrogen-bond acceptors (Lipinski definition) is 5. The molecule has 28 heavy (non-hydrogen) atoms. The Morgan fingerprint density at radius 3 is 2.54 bits per heavy atom. The zero-order valence-corrected chi connectivity index (χ0v) is 15.5. The number of nitrogens with zero attached hydrogens (tertiary/aromatic N) is 4. The fourth-order valence-corrected chi connectivity index (χ4v) is 2.95. The van der Waals surface area contributed by atoms with Crippen LogP contribution in [0.2, 0.25) is 5.02 Å². The molecule has 0 radical (unpaired) electrons. The number of amides is 1. The summed E-state index contributed by atoms with van der Waals surface area (Å²) in [5, 5.41) is 11.5. The van der Waals surface area contributed by atoms with Crippen LogP contribution in [0, 0.1) is 0 Å². The minimum Gasteiger partial charge on any atom is -0.320 e. The molecule has 4 aromatic rings. The first kappa shape index (κ1) is 17.8. The predicted molar refractivity (Wildman–Crippen MR) is 106 cm³/mol. The Balaban J connectivity index is 1.71. The molecule has 0 aliphatic carbocycles. The lowest BCUT2D eigenvalue weighted by Crippen LogP contribution is -2.14. The molecule has 0 spiro atoms. The first-order chi connectivity index (χ1) is 13.5. The van der Waals surface area contributed by atoms with Crippen molar-refractivity contribution in [2.45, 2.75) is 6.92 Å². The molecular formula is C20H14ClN5O2. The van der Waals surface area contributed by atoms with Crippen molar-refractivity contribution in [1.29, 1.82) is 0 Å². The number of rotatable bonds is 4. The summed E-state index contributed by atoms with van der Waals surface area (Å²) < 4.78 is 1.57. The van der Waals surface area contributed by atoms with E-state index in [4.69, 9.17) is 11.6 Å². The van der Waals surface area contributed by atoms with Crippen molar-refractivity contribution in [1.82, 2.24) is 20.0 Å². The fourth-order valence-electron chi connectivity index (χ4n) is 2.78. The van der Waals surface area contributed by atoms with Crippen molar-refractivity contribution >= 4 is 40.1 Å². The highest BCUT2D eigenvalue weighted by molar-refractivity contribution is 6.31. The third kappa shape index (κ3) is 3.35. The Hall–Kier alpha value is -3.58. The maximum atomic E-state index is 12.7. The molecule has 2 heterocycles. The number of fused-ring (bicyclic) bond motifs is 1. The van der Waals surface area contributed by atoms with Gasteiger partial charge in [0.25, 0.3) is 5.91 Å². The van der Waals surface area contributed by atoms with Crippen LogP contribution in [0.1, 0.15) is 27.6 Å². The number of halogens is 1. The second kappa shape index (κ2) is 7.21. The second-order valence-electron chi connectivity index (χ2n) is 6.10. The van der Waals surface area contributed by atoms with Gasteiger partial charge in [0.2, 0.25) is 5.65 Å². The van der Waals surface area contributed by atoms with E-state index in [1.165, 1.54) is 6.92 Å². The molecule has 4 rings (SSSR count). The molecule has 2 aromatic heterocycles. The van der Waals surface area contributed by atoms with Gasteiger partial charge in [0, 0.05) is 22.3 Å². The summed E-state index contributed by atoms with van der Waals surface area (Å²) in [4.78, 5) is 28.2. The van der Waals surface area contributed by atoms with Gasteiger partial charge < -0.3 is 5.32 Å². The summed E-state index contributed by atoms with van der Waals surface area (Å²) in [6.07, 6.45) is 1.63. The number of anilines is 1. The average Bonchev–Trinajstić information content (AvgIpc) is 3.13. The topological polar surface area (TPSA) is 89.8 Å². The van der Waals surface area contributed by atoms with Gasteiger partial charge >= 0.3 is 0 Å². The molecule has 0 aliphatic heterocycles. The van der Waals surface area contributed by atoms with Gasteiger partial charge in [-0.15, -0.1) is 5.10 Å². The molecule has 0 saturated carbocycles. The highest BCUT2D eigenvalue weighted by atomic mass is 35.5. The zero-order chi connectivity index (χ0) is 19.7. The third-order valence-corrected chi connectivity index (χ3v) is 4.45. The first-order valence-corrected chi connectivity index (χ1v) is 8.79. The van der Waals surface area contributed by atoms with Crippen LogP contribution in [0.4, 0.5) is 5.69 Å². The van der Waals surface area contributed by atoms with Crippen molar-refractivity contribution in [2.75, 3.05) is 5.32 Å². The van der Waals surface area contributed by atoms with E-state index in [1.807, 2.05) is 6.07 Å². The normalized spacial score (nSPS) is 10.8. The molecule has 0 fully saturated rings. The maximum Gasteiger partial charge on any atom is 0.255 e. The number of carbonyl (C=O) groups excluding carboxylic acids is 2. The van der Waals surface area contributed by atoms with Crippen LogP contribution >= 0.6 is 11.6 Å². The molecule has 0 saturated heterocycles. The molecule has 8 heteroatoms. The Morgan fingerprint density at radius 1 is 1.04 bits per heavy atom. The summed E-state index contributed by atoms with van der Waals surface area (Å²) >= 11 is 6.16. The molecule has 1 N–H and O–H groups in total. The van der Waals surface area contributed by atoms with Gasteiger partial charge in [-0.1, -0.05) is 28.9 Å². The largest absolute Gasteiger partial charge is 0.320 e. The third-order valence-electron chi connectivity index (χ3n) is 4.21. The quantitative estimate of drug-likeness (QED) is 0.532. The fraction of sp³-hybridized carbons (Fsp3) is 0.0500. The monoisotopic (exact) mass is 391 g/mol. The smallest absolute Gasteiger partial charge is 0.255 e. The van der Waals surface area contributed by atoms with Crippen molar-refractivity contribution in [2.24, 2.45) is 0 Å². The van der Waals surface area contributed by atoms with Crippen molar-refractivity contribution in [3.63, 3.8) is 0 Å². The minimum absolute atomic E-state index is 0.0568. The Kier molecular flexibility index (Phi) is 4.58. The van der Waals surface area contributed by atoms with Gasteiger partial charge in [0.15, 0.2) is 5.78 Å². The number of ketones is 1. The van der Waals surface area contributed by atoms with Crippen LogP contribution in [0.15, 0.2) is 60.8 Å². The van der Waals surface area contributed by atoms with Gasteiger partial charge in [0.05, 0.1) is 11.4 Å². The predicted octanol–water partition coefficient (Wildman–Crippen LogP) is 3.92. The summed E-state index contributed by atoms with van der Waals surface area (Å²) in [7, 11) is 0. The van der Waals surface area contributed by atoms with E-state index >= 15 is 0 Å². The molecule has 0 aliphatic rings. The Morgan fingerprint density at radius 2 is 1.79 bits per heavy atom. The van der Waals surface area contributed by atoms with Gasteiger partial charge in [-0.05, 0) is 49.4 Å². The lowest BCUT2D eigenvalue weighted by molar-refractivity contribution is 0.101.